The lowest BCUT2D eigenvalue weighted by atomic mass is 10.1. The molecule has 0 aliphatic heterocycles. The molecule has 0 bridgehead atoms. The van der Waals surface area contributed by atoms with Crippen LogP contribution in [0, 0.1) is 0 Å². The Morgan fingerprint density at radius 2 is 2.05 bits per heavy atom. The number of esters is 2. The van der Waals surface area contributed by atoms with Crippen LogP contribution < -0.4 is 5.32 Å². The standard InChI is InChI=1S/C14H20BrNO4S/c1-5-19-13(18)12(9-7-21-8-10(9)15)16-6-11(17)20-14(2,3)4/h7-8,12,16H,5-6H2,1-4H3. The van der Waals surface area contributed by atoms with Gasteiger partial charge < -0.3 is 9.47 Å². The van der Waals surface area contributed by atoms with Crippen LogP contribution in [-0.4, -0.2) is 30.7 Å². The Labute approximate surface area is 137 Å². The fourth-order valence-electron chi connectivity index (χ4n) is 1.61. The van der Waals surface area contributed by atoms with Gasteiger partial charge in [-0.3, -0.25) is 10.1 Å². The van der Waals surface area contributed by atoms with Gasteiger partial charge in [0, 0.05) is 15.4 Å². The van der Waals surface area contributed by atoms with Gasteiger partial charge in [-0.05, 0) is 49.0 Å². The lowest BCUT2D eigenvalue weighted by Crippen LogP contribution is -2.37. The van der Waals surface area contributed by atoms with Crippen molar-refractivity contribution in [2.45, 2.75) is 39.3 Å². The third-order valence-electron chi connectivity index (χ3n) is 2.35. The highest BCUT2D eigenvalue weighted by atomic mass is 79.9. The zero-order chi connectivity index (χ0) is 16.0. The van der Waals surface area contributed by atoms with E-state index in [0.717, 1.165) is 10.0 Å². The quantitative estimate of drug-likeness (QED) is 0.771. The average molecular weight is 378 g/mol. The van der Waals surface area contributed by atoms with Crippen molar-refractivity contribution in [3.63, 3.8) is 0 Å². The third-order valence-corrected chi connectivity index (χ3v) is 4.10. The Kier molecular flexibility index (Phi) is 6.83. The van der Waals surface area contributed by atoms with Crippen LogP contribution in [0.2, 0.25) is 0 Å². The molecule has 1 aromatic heterocycles. The maximum absolute atomic E-state index is 12.0. The topological polar surface area (TPSA) is 64.6 Å². The Morgan fingerprint density at radius 1 is 1.38 bits per heavy atom. The molecule has 1 aromatic rings. The Hall–Kier alpha value is -0.920. The van der Waals surface area contributed by atoms with Gasteiger partial charge in [0.1, 0.15) is 11.6 Å². The van der Waals surface area contributed by atoms with Crippen LogP contribution in [0.25, 0.3) is 0 Å². The van der Waals surface area contributed by atoms with E-state index in [4.69, 9.17) is 9.47 Å². The molecule has 0 radical (unpaired) electrons. The van der Waals surface area contributed by atoms with E-state index >= 15 is 0 Å². The first-order chi connectivity index (χ1) is 9.74. The molecule has 21 heavy (non-hydrogen) atoms. The monoisotopic (exact) mass is 377 g/mol. The van der Waals surface area contributed by atoms with Crippen molar-refractivity contribution in [2.75, 3.05) is 13.2 Å². The fraction of sp³-hybridized carbons (Fsp3) is 0.571. The summed E-state index contributed by atoms with van der Waals surface area (Å²) >= 11 is 4.85. The summed E-state index contributed by atoms with van der Waals surface area (Å²) in [6, 6.07) is -0.696. The van der Waals surface area contributed by atoms with Crippen LogP contribution in [0.3, 0.4) is 0 Å². The van der Waals surface area contributed by atoms with Crippen molar-refractivity contribution >= 4 is 39.2 Å². The summed E-state index contributed by atoms with van der Waals surface area (Å²) in [6.45, 7) is 7.34. The van der Waals surface area contributed by atoms with Crippen molar-refractivity contribution < 1.29 is 19.1 Å². The van der Waals surface area contributed by atoms with Crippen LogP contribution in [0.1, 0.15) is 39.3 Å². The van der Waals surface area contributed by atoms with Crippen molar-refractivity contribution in [1.82, 2.24) is 5.32 Å². The molecule has 118 valence electrons. The van der Waals surface area contributed by atoms with Crippen molar-refractivity contribution in [1.29, 1.82) is 0 Å². The Balaban J connectivity index is 2.73. The molecule has 7 heteroatoms. The molecule has 1 N–H and O–H groups in total. The number of nitrogens with one attached hydrogen (secondary N) is 1. The second kappa shape index (κ2) is 7.91. The maximum atomic E-state index is 12.0. The van der Waals surface area contributed by atoms with Gasteiger partial charge in [0.15, 0.2) is 0 Å². The van der Waals surface area contributed by atoms with E-state index < -0.39 is 23.6 Å². The molecule has 0 spiro atoms. The number of hydrogen-bond acceptors (Lipinski definition) is 6. The normalized spacial score (nSPS) is 12.8. The molecule has 0 amide bonds. The first-order valence-corrected chi connectivity index (χ1v) is 8.31. The van der Waals surface area contributed by atoms with Crippen LogP contribution in [0.4, 0.5) is 0 Å². The molecular weight excluding hydrogens is 358 g/mol. The van der Waals surface area contributed by atoms with E-state index in [1.54, 1.807) is 27.7 Å². The van der Waals surface area contributed by atoms with Gasteiger partial charge in [-0.25, -0.2) is 4.79 Å². The maximum Gasteiger partial charge on any atom is 0.327 e. The van der Waals surface area contributed by atoms with E-state index in [1.807, 2.05) is 10.8 Å². The number of thiophene rings is 1. The SMILES string of the molecule is CCOC(=O)C(NCC(=O)OC(C)(C)C)c1cscc1Br. The van der Waals surface area contributed by atoms with Gasteiger partial charge in [-0.15, -0.1) is 0 Å². The zero-order valence-corrected chi connectivity index (χ0v) is 15.0. The first-order valence-electron chi connectivity index (χ1n) is 6.58. The van der Waals surface area contributed by atoms with E-state index in [-0.39, 0.29) is 13.2 Å². The van der Waals surface area contributed by atoms with Gasteiger partial charge >= 0.3 is 11.9 Å². The van der Waals surface area contributed by atoms with E-state index in [2.05, 4.69) is 21.2 Å². The first kappa shape index (κ1) is 18.1. The molecule has 1 rings (SSSR count). The van der Waals surface area contributed by atoms with Crippen molar-refractivity contribution in [2.24, 2.45) is 0 Å². The third kappa shape index (κ3) is 6.15. The van der Waals surface area contributed by atoms with Gasteiger partial charge in [0.2, 0.25) is 0 Å². The van der Waals surface area contributed by atoms with Gasteiger partial charge in [-0.1, -0.05) is 0 Å². The molecule has 0 saturated heterocycles. The van der Waals surface area contributed by atoms with E-state index in [9.17, 15) is 9.59 Å². The summed E-state index contributed by atoms with van der Waals surface area (Å²) in [5, 5.41) is 6.61. The molecule has 5 nitrogen and oxygen atoms in total. The number of rotatable bonds is 6. The minimum Gasteiger partial charge on any atom is -0.465 e. The highest BCUT2D eigenvalue weighted by Gasteiger charge is 2.26. The van der Waals surface area contributed by atoms with Crippen LogP contribution in [-0.2, 0) is 19.1 Å². The molecule has 1 unspecified atom stereocenters. The second-order valence-electron chi connectivity index (χ2n) is 5.33. The molecule has 1 atom stereocenters. The highest BCUT2D eigenvalue weighted by molar-refractivity contribution is 9.10. The van der Waals surface area contributed by atoms with E-state index in [1.165, 1.54) is 11.3 Å². The molecular formula is C14H20BrNO4S. The molecule has 0 aromatic carbocycles. The number of carbonyl (C=O) groups excluding carboxylic acids is 2. The summed E-state index contributed by atoms with van der Waals surface area (Å²) in [5.74, 6) is -0.830. The predicted octanol–water partition coefficient (Wildman–Crippen LogP) is 3.05. The summed E-state index contributed by atoms with van der Waals surface area (Å²) in [4.78, 5) is 23.8. The van der Waals surface area contributed by atoms with Crippen molar-refractivity contribution in [3.8, 4) is 0 Å². The van der Waals surface area contributed by atoms with Gasteiger partial charge in [0.25, 0.3) is 0 Å². The fourth-order valence-corrected chi connectivity index (χ4v) is 3.16. The lowest BCUT2D eigenvalue weighted by molar-refractivity contribution is -0.154. The highest BCUT2D eigenvalue weighted by Crippen LogP contribution is 2.28. The van der Waals surface area contributed by atoms with Crippen molar-refractivity contribution in [3.05, 3.63) is 20.8 Å². The molecule has 0 aliphatic rings. The number of hydrogen-bond donors (Lipinski definition) is 1. The molecule has 0 saturated carbocycles. The Bertz CT molecular complexity index is 495. The van der Waals surface area contributed by atoms with Gasteiger partial charge in [0.05, 0.1) is 13.2 Å². The summed E-state index contributed by atoms with van der Waals surface area (Å²) < 4.78 is 11.1. The summed E-state index contributed by atoms with van der Waals surface area (Å²) in [5.41, 5.74) is 0.197. The average Bonchev–Trinajstić information content (AvgIpc) is 2.74. The molecule has 0 aliphatic carbocycles. The van der Waals surface area contributed by atoms with E-state index in [0.29, 0.717) is 0 Å². The summed E-state index contributed by atoms with van der Waals surface area (Å²) in [6.07, 6.45) is 0. The molecule has 0 fully saturated rings. The minimum atomic E-state index is -0.696. The lowest BCUT2D eigenvalue weighted by Gasteiger charge is -2.21. The van der Waals surface area contributed by atoms with Crippen LogP contribution in [0.15, 0.2) is 15.2 Å². The predicted molar refractivity (Wildman–Crippen MR) is 85.2 cm³/mol. The molecule has 1 heterocycles. The summed E-state index contributed by atoms with van der Waals surface area (Å²) in [7, 11) is 0. The van der Waals surface area contributed by atoms with Crippen LogP contribution in [0.5, 0.6) is 0 Å². The minimum absolute atomic E-state index is 0.0664. The smallest absolute Gasteiger partial charge is 0.327 e. The second-order valence-corrected chi connectivity index (χ2v) is 6.93. The number of carbonyl (C=O) groups is 2. The number of halogens is 1. The zero-order valence-electron chi connectivity index (χ0n) is 12.6. The number of ether oxygens (including phenoxy) is 2. The largest absolute Gasteiger partial charge is 0.465 e. The Morgan fingerprint density at radius 3 is 2.52 bits per heavy atom. The van der Waals surface area contributed by atoms with Crippen LogP contribution >= 0.6 is 27.3 Å². The van der Waals surface area contributed by atoms with Gasteiger partial charge in [-0.2, -0.15) is 11.3 Å².